The minimum atomic E-state index is -0.898. The summed E-state index contributed by atoms with van der Waals surface area (Å²) >= 11 is 0. The molecule has 0 bridgehead atoms. The first-order chi connectivity index (χ1) is 12.9. The fourth-order valence-corrected chi connectivity index (χ4v) is 5.25. The first kappa shape index (κ1) is 19.9. The van der Waals surface area contributed by atoms with Crippen molar-refractivity contribution in [2.45, 2.75) is 88.1 Å². The molecule has 4 aliphatic rings. The molecule has 3 saturated heterocycles. The lowest BCUT2D eigenvalue weighted by atomic mass is 9.87. The van der Waals surface area contributed by atoms with Crippen LogP contribution in [0.1, 0.15) is 33.1 Å². The molecule has 1 saturated carbocycles. The van der Waals surface area contributed by atoms with Gasteiger partial charge in [-0.15, -0.1) is 0 Å². The van der Waals surface area contributed by atoms with E-state index in [1.165, 1.54) is 6.42 Å². The summed E-state index contributed by atoms with van der Waals surface area (Å²) in [5.74, 6) is 0. The van der Waals surface area contributed by atoms with E-state index in [0.717, 1.165) is 12.8 Å². The first-order valence-electron chi connectivity index (χ1n) is 10.4. The number of rotatable bonds is 5. The third-order valence-electron chi connectivity index (χ3n) is 7.41. The van der Waals surface area contributed by atoms with Gasteiger partial charge in [-0.1, -0.05) is 0 Å². The number of aliphatic hydroxyl groups excluding tert-OH is 2. The lowest BCUT2D eigenvalue weighted by Crippen LogP contribution is -2.77. The fraction of sp³-hybridized carbons (Fsp3) is 1.00. The molecule has 8 unspecified atom stereocenters. The van der Waals surface area contributed by atoms with Crippen LogP contribution in [0, 0.1) is 0 Å². The standard InChI is InChI=1S/C18H37N6O3/c1-10(2)23(3)7-12-14(25)15(26)18(27-12)24(11-5-4-6-11)9-22-13-16(19)20-8-21-17(13)24/h10-18,20-22,25-26H,4-9,19H2,1-3H3/q+1. The Labute approximate surface area is 161 Å². The van der Waals surface area contributed by atoms with Crippen molar-refractivity contribution < 1.29 is 19.4 Å². The van der Waals surface area contributed by atoms with E-state index in [0.29, 0.717) is 36.4 Å². The highest BCUT2D eigenvalue weighted by atomic mass is 16.6. The van der Waals surface area contributed by atoms with Gasteiger partial charge in [0.25, 0.3) is 0 Å². The van der Waals surface area contributed by atoms with Gasteiger partial charge in [0.15, 0.2) is 12.3 Å². The molecule has 7 N–H and O–H groups in total. The number of fused-ring (bicyclic) bond motifs is 1. The maximum Gasteiger partial charge on any atom is 0.225 e. The maximum absolute atomic E-state index is 11.0. The van der Waals surface area contributed by atoms with Crippen molar-refractivity contribution in [2.24, 2.45) is 5.73 Å². The van der Waals surface area contributed by atoms with Crippen LogP contribution < -0.4 is 21.7 Å². The SMILES string of the molecule is CC(C)N(C)CC1OC([N+]2(C3CCC3)CNC3C(N)NCNC32)C(O)C1O. The molecule has 0 amide bonds. The van der Waals surface area contributed by atoms with E-state index in [2.05, 4.69) is 34.7 Å². The summed E-state index contributed by atoms with van der Waals surface area (Å²) < 4.78 is 7.04. The summed E-state index contributed by atoms with van der Waals surface area (Å²) in [6.07, 6.45) is 0.770. The van der Waals surface area contributed by atoms with Crippen LogP contribution in [0.4, 0.5) is 0 Å². The first-order valence-corrected chi connectivity index (χ1v) is 10.4. The van der Waals surface area contributed by atoms with Gasteiger partial charge < -0.3 is 25.6 Å². The lowest BCUT2D eigenvalue weighted by Gasteiger charge is -2.53. The molecule has 0 spiro atoms. The third kappa shape index (κ3) is 3.13. The predicted octanol–water partition coefficient (Wildman–Crippen LogP) is -2.17. The highest BCUT2D eigenvalue weighted by Gasteiger charge is 2.65. The van der Waals surface area contributed by atoms with Gasteiger partial charge in [0.2, 0.25) is 6.23 Å². The molecule has 0 aromatic carbocycles. The number of nitrogens with one attached hydrogen (secondary N) is 3. The van der Waals surface area contributed by atoms with E-state index in [1.54, 1.807) is 0 Å². The molecule has 4 rings (SSSR count). The molecule has 0 radical (unpaired) electrons. The number of ether oxygens (including phenoxy) is 1. The Bertz CT molecular complexity index is 535. The summed E-state index contributed by atoms with van der Waals surface area (Å²) in [6.45, 7) is 6.18. The summed E-state index contributed by atoms with van der Waals surface area (Å²) in [5.41, 5.74) is 6.30. The maximum atomic E-state index is 11.0. The molecular formula is C18H37N6O3+. The van der Waals surface area contributed by atoms with Gasteiger partial charge in [0, 0.05) is 12.6 Å². The Hall–Kier alpha value is -0.360. The molecule has 27 heavy (non-hydrogen) atoms. The Morgan fingerprint density at radius 3 is 2.56 bits per heavy atom. The number of likely N-dealkylation sites (N-methyl/N-ethyl adjacent to an activating group) is 1. The van der Waals surface area contributed by atoms with Gasteiger partial charge in [-0.05, 0) is 40.2 Å². The molecular weight excluding hydrogens is 348 g/mol. The molecule has 9 nitrogen and oxygen atoms in total. The van der Waals surface area contributed by atoms with Crippen LogP contribution in [-0.2, 0) is 4.74 Å². The van der Waals surface area contributed by atoms with Crippen molar-refractivity contribution >= 4 is 0 Å². The third-order valence-corrected chi connectivity index (χ3v) is 7.41. The molecule has 156 valence electrons. The Balaban J connectivity index is 1.60. The molecule has 8 atom stereocenters. The Kier molecular flexibility index (Phi) is 5.52. The Morgan fingerprint density at radius 1 is 1.19 bits per heavy atom. The van der Waals surface area contributed by atoms with Crippen molar-refractivity contribution in [3.05, 3.63) is 0 Å². The topological polar surface area (TPSA) is 115 Å². The summed E-state index contributed by atoms with van der Waals surface area (Å²) in [5, 5.41) is 32.2. The summed E-state index contributed by atoms with van der Waals surface area (Å²) in [7, 11) is 2.03. The molecule has 4 fully saturated rings. The van der Waals surface area contributed by atoms with Gasteiger partial charge >= 0.3 is 0 Å². The largest absolute Gasteiger partial charge is 0.387 e. The minimum Gasteiger partial charge on any atom is -0.387 e. The monoisotopic (exact) mass is 385 g/mol. The van der Waals surface area contributed by atoms with Gasteiger partial charge in [-0.3, -0.25) is 20.4 Å². The van der Waals surface area contributed by atoms with Crippen LogP contribution in [0.2, 0.25) is 0 Å². The molecule has 0 aromatic heterocycles. The van der Waals surface area contributed by atoms with Crippen molar-refractivity contribution in [2.75, 3.05) is 26.9 Å². The van der Waals surface area contributed by atoms with Crippen molar-refractivity contribution in [1.29, 1.82) is 0 Å². The average Bonchev–Trinajstić information content (AvgIpc) is 3.09. The molecule has 3 heterocycles. The van der Waals surface area contributed by atoms with Crippen LogP contribution in [0.25, 0.3) is 0 Å². The predicted molar refractivity (Wildman–Crippen MR) is 101 cm³/mol. The molecule has 0 aromatic rings. The number of hydrogen-bond acceptors (Lipinski definition) is 8. The Morgan fingerprint density at radius 2 is 1.93 bits per heavy atom. The van der Waals surface area contributed by atoms with Crippen molar-refractivity contribution in [3.8, 4) is 0 Å². The second-order valence-electron chi connectivity index (χ2n) is 9.10. The van der Waals surface area contributed by atoms with Crippen LogP contribution in [0.3, 0.4) is 0 Å². The summed E-state index contributed by atoms with van der Waals surface area (Å²) in [6, 6.07) is 0.845. The minimum absolute atomic E-state index is 0.0694. The number of quaternary nitrogens is 1. The zero-order valence-electron chi connectivity index (χ0n) is 16.7. The second-order valence-corrected chi connectivity index (χ2v) is 9.10. The van der Waals surface area contributed by atoms with E-state index in [9.17, 15) is 10.2 Å². The van der Waals surface area contributed by atoms with E-state index in [-0.39, 0.29) is 24.5 Å². The number of nitrogens with zero attached hydrogens (tertiary/aromatic N) is 2. The molecule has 3 aliphatic heterocycles. The van der Waals surface area contributed by atoms with Gasteiger partial charge in [-0.2, -0.15) is 0 Å². The van der Waals surface area contributed by atoms with Gasteiger partial charge in [0.05, 0.1) is 18.9 Å². The van der Waals surface area contributed by atoms with Crippen LogP contribution >= 0.6 is 0 Å². The molecule has 1 aliphatic carbocycles. The quantitative estimate of drug-likeness (QED) is 0.297. The zero-order valence-corrected chi connectivity index (χ0v) is 16.7. The van der Waals surface area contributed by atoms with E-state index in [1.807, 2.05) is 7.05 Å². The second kappa shape index (κ2) is 7.47. The smallest absolute Gasteiger partial charge is 0.225 e. The van der Waals surface area contributed by atoms with Crippen LogP contribution in [0.15, 0.2) is 0 Å². The normalized spacial score (nSPS) is 48.2. The van der Waals surface area contributed by atoms with Crippen molar-refractivity contribution in [1.82, 2.24) is 20.9 Å². The van der Waals surface area contributed by atoms with Gasteiger partial charge in [-0.25, -0.2) is 0 Å². The van der Waals surface area contributed by atoms with Crippen LogP contribution in [-0.4, -0.2) is 102 Å². The summed E-state index contributed by atoms with van der Waals surface area (Å²) in [4.78, 5) is 2.15. The zero-order chi connectivity index (χ0) is 19.3. The average molecular weight is 386 g/mol. The van der Waals surface area contributed by atoms with Crippen molar-refractivity contribution in [3.63, 3.8) is 0 Å². The van der Waals surface area contributed by atoms with E-state index >= 15 is 0 Å². The van der Waals surface area contributed by atoms with Crippen LogP contribution in [0.5, 0.6) is 0 Å². The number of nitrogens with two attached hydrogens (primary N) is 1. The number of hydrogen-bond donors (Lipinski definition) is 6. The van der Waals surface area contributed by atoms with E-state index < -0.39 is 18.4 Å². The lowest BCUT2D eigenvalue weighted by molar-refractivity contribution is -1.01. The van der Waals surface area contributed by atoms with Gasteiger partial charge in [0.1, 0.15) is 24.9 Å². The van der Waals surface area contributed by atoms with E-state index in [4.69, 9.17) is 10.5 Å². The highest BCUT2D eigenvalue weighted by Crippen LogP contribution is 2.43. The fourth-order valence-electron chi connectivity index (χ4n) is 5.25. The molecule has 9 heteroatoms. The highest BCUT2D eigenvalue weighted by molar-refractivity contribution is 4.98. The number of aliphatic hydroxyl groups is 2.